The number of benzene rings is 1. The highest BCUT2D eigenvalue weighted by molar-refractivity contribution is 7.21. The Balaban J connectivity index is 1.99. The second-order valence-corrected chi connectivity index (χ2v) is 5.24. The first-order valence-electron chi connectivity index (χ1n) is 6.12. The molecule has 2 heterocycles. The molecule has 0 saturated heterocycles. The number of nitrogen functional groups attached to an aromatic ring is 1. The number of hydrogen-bond donors (Lipinski definition) is 2. The van der Waals surface area contributed by atoms with Gasteiger partial charge in [0, 0.05) is 24.0 Å². The number of pyridine rings is 1. The first-order chi connectivity index (χ1) is 9.26. The summed E-state index contributed by atoms with van der Waals surface area (Å²) < 4.78 is 1.10. The molecule has 0 aliphatic carbocycles. The molecule has 96 valence electrons. The topological polar surface area (TPSA) is 63.8 Å². The third kappa shape index (κ3) is 2.37. The molecule has 0 bridgehead atoms. The minimum Gasteiger partial charge on any atom is -0.399 e. The van der Waals surface area contributed by atoms with Crippen LogP contribution >= 0.6 is 11.3 Å². The van der Waals surface area contributed by atoms with Crippen molar-refractivity contribution in [2.75, 3.05) is 17.6 Å². The SMILES string of the molecule is CCNc1ccc(-c2nc3ccc(N)cc3s2)cn1. The van der Waals surface area contributed by atoms with Crippen molar-refractivity contribution in [2.45, 2.75) is 6.92 Å². The van der Waals surface area contributed by atoms with Crippen molar-refractivity contribution in [2.24, 2.45) is 0 Å². The van der Waals surface area contributed by atoms with E-state index in [0.717, 1.165) is 38.8 Å². The quantitative estimate of drug-likeness (QED) is 0.716. The Morgan fingerprint density at radius 2 is 2.16 bits per heavy atom. The van der Waals surface area contributed by atoms with Crippen molar-refractivity contribution in [3.05, 3.63) is 36.5 Å². The van der Waals surface area contributed by atoms with Gasteiger partial charge in [-0.15, -0.1) is 11.3 Å². The molecule has 3 rings (SSSR count). The molecule has 0 aliphatic heterocycles. The Hall–Kier alpha value is -2.14. The van der Waals surface area contributed by atoms with Gasteiger partial charge in [-0.1, -0.05) is 0 Å². The lowest BCUT2D eigenvalue weighted by molar-refractivity contribution is 1.16. The summed E-state index contributed by atoms with van der Waals surface area (Å²) in [6, 6.07) is 9.78. The Morgan fingerprint density at radius 3 is 2.89 bits per heavy atom. The monoisotopic (exact) mass is 270 g/mol. The number of nitrogens with one attached hydrogen (secondary N) is 1. The zero-order chi connectivity index (χ0) is 13.2. The van der Waals surface area contributed by atoms with Crippen LogP contribution in [0.1, 0.15) is 6.92 Å². The van der Waals surface area contributed by atoms with Crippen LogP contribution in [0.2, 0.25) is 0 Å². The summed E-state index contributed by atoms with van der Waals surface area (Å²) in [4.78, 5) is 8.97. The molecule has 19 heavy (non-hydrogen) atoms. The lowest BCUT2D eigenvalue weighted by Crippen LogP contribution is -1.98. The summed E-state index contributed by atoms with van der Waals surface area (Å²) in [6.45, 7) is 2.92. The van der Waals surface area contributed by atoms with Gasteiger partial charge in [-0.2, -0.15) is 0 Å². The average Bonchev–Trinajstić information content (AvgIpc) is 2.83. The van der Waals surface area contributed by atoms with Crippen LogP contribution < -0.4 is 11.1 Å². The summed E-state index contributed by atoms with van der Waals surface area (Å²) in [7, 11) is 0. The van der Waals surface area contributed by atoms with Gasteiger partial charge >= 0.3 is 0 Å². The maximum Gasteiger partial charge on any atom is 0.126 e. The zero-order valence-corrected chi connectivity index (χ0v) is 11.4. The molecule has 0 unspecified atom stereocenters. The van der Waals surface area contributed by atoms with E-state index in [2.05, 4.69) is 15.3 Å². The van der Waals surface area contributed by atoms with Crippen LogP contribution in [0.5, 0.6) is 0 Å². The van der Waals surface area contributed by atoms with Crippen molar-refractivity contribution in [3.63, 3.8) is 0 Å². The highest BCUT2D eigenvalue weighted by atomic mass is 32.1. The minimum atomic E-state index is 0.767. The van der Waals surface area contributed by atoms with Crippen LogP contribution in [0.3, 0.4) is 0 Å². The van der Waals surface area contributed by atoms with Crippen LogP contribution in [-0.4, -0.2) is 16.5 Å². The molecule has 3 N–H and O–H groups in total. The maximum atomic E-state index is 5.78. The van der Waals surface area contributed by atoms with Gasteiger partial charge in [-0.3, -0.25) is 0 Å². The minimum absolute atomic E-state index is 0.767. The summed E-state index contributed by atoms with van der Waals surface area (Å²) >= 11 is 1.63. The molecule has 5 heteroatoms. The number of nitrogens with two attached hydrogens (primary N) is 1. The van der Waals surface area contributed by atoms with Crippen LogP contribution in [0.25, 0.3) is 20.8 Å². The van der Waals surface area contributed by atoms with Crippen molar-refractivity contribution in [1.29, 1.82) is 0 Å². The molecular weight excluding hydrogens is 256 g/mol. The van der Waals surface area contributed by atoms with Crippen molar-refractivity contribution >= 4 is 33.1 Å². The van der Waals surface area contributed by atoms with Crippen LogP contribution in [-0.2, 0) is 0 Å². The van der Waals surface area contributed by atoms with E-state index in [1.165, 1.54) is 0 Å². The van der Waals surface area contributed by atoms with Gasteiger partial charge < -0.3 is 11.1 Å². The van der Waals surface area contributed by atoms with Crippen molar-refractivity contribution in [3.8, 4) is 10.6 Å². The molecule has 0 spiro atoms. The molecule has 0 radical (unpaired) electrons. The molecule has 0 amide bonds. The van der Waals surface area contributed by atoms with Gasteiger partial charge in [0.15, 0.2) is 0 Å². The number of anilines is 2. The lowest BCUT2D eigenvalue weighted by atomic mass is 10.3. The fourth-order valence-electron chi connectivity index (χ4n) is 1.87. The molecule has 0 fully saturated rings. The van der Waals surface area contributed by atoms with Gasteiger partial charge in [0.25, 0.3) is 0 Å². The molecule has 0 aliphatic rings. The van der Waals surface area contributed by atoms with Crippen LogP contribution in [0.15, 0.2) is 36.5 Å². The number of nitrogens with zero attached hydrogens (tertiary/aromatic N) is 2. The van der Waals surface area contributed by atoms with Gasteiger partial charge in [0.2, 0.25) is 0 Å². The van der Waals surface area contributed by atoms with Crippen LogP contribution in [0.4, 0.5) is 11.5 Å². The predicted molar refractivity (Wildman–Crippen MR) is 81.4 cm³/mol. The number of rotatable bonds is 3. The molecule has 3 aromatic rings. The van der Waals surface area contributed by atoms with Gasteiger partial charge in [0.1, 0.15) is 10.8 Å². The number of aromatic nitrogens is 2. The molecule has 0 saturated carbocycles. The first-order valence-corrected chi connectivity index (χ1v) is 6.94. The standard InChI is InChI=1S/C14H14N4S/c1-2-16-13-6-3-9(8-17-13)14-18-11-5-4-10(15)7-12(11)19-14/h3-8H,2,15H2,1H3,(H,16,17). The van der Waals surface area contributed by atoms with Crippen molar-refractivity contribution in [1.82, 2.24) is 9.97 Å². The second-order valence-electron chi connectivity index (χ2n) is 4.21. The normalized spacial score (nSPS) is 10.8. The highest BCUT2D eigenvalue weighted by Crippen LogP contribution is 2.31. The average molecular weight is 270 g/mol. The fraction of sp³-hybridized carbons (Fsp3) is 0.143. The largest absolute Gasteiger partial charge is 0.399 e. The zero-order valence-electron chi connectivity index (χ0n) is 10.6. The van der Waals surface area contributed by atoms with E-state index in [0.29, 0.717) is 0 Å². The van der Waals surface area contributed by atoms with E-state index in [1.54, 1.807) is 11.3 Å². The van der Waals surface area contributed by atoms with Gasteiger partial charge in [-0.05, 0) is 37.3 Å². The molecule has 0 atom stereocenters. The maximum absolute atomic E-state index is 5.78. The highest BCUT2D eigenvalue weighted by Gasteiger charge is 2.07. The van der Waals surface area contributed by atoms with Crippen LogP contribution in [0, 0.1) is 0 Å². The van der Waals surface area contributed by atoms with Crippen molar-refractivity contribution < 1.29 is 0 Å². The summed E-state index contributed by atoms with van der Waals surface area (Å²) in [6.07, 6.45) is 1.85. The number of thiazole rings is 1. The summed E-state index contributed by atoms with van der Waals surface area (Å²) in [5, 5.41) is 4.14. The van der Waals surface area contributed by atoms with E-state index in [-0.39, 0.29) is 0 Å². The number of fused-ring (bicyclic) bond motifs is 1. The Kier molecular flexibility index (Phi) is 3.05. The fourth-order valence-corrected chi connectivity index (χ4v) is 2.87. The van der Waals surface area contributed by atoms with E-state index >= 15 is 0 Å². The van der Waals surface area contributed by atoms with Gasteiger partial charge in [-0.25, -0.2) is 9.97 Å². The van der Waals surface area contributed by atoms with E-state index in [1.807, 2.05) is 43.5 Å². The third-order valence-corrected chi connectivity index (χ3v) is 3.85. The second kappa shape index (κ2) is 4.85. The Labute approximate surface area is 115 Å². The predicted octanol–water partition coefficient (Wildman–Crippen LogP) is 3.37. The molecule has 1 aromatic carbocycles. The Morgan fingerprint density at radius 1 is 1.26 bits per heavy atom. The van der Waals surface area contributed by atoms with E-state index in [9.17, 15) is 0 Å². The summed E-state index contributed by atoms with van der Waals surface area (Å²) in [5.74, 6) is 0.886. The lowest BCUT2D eigenvalue weighted by Gasteiger charge is -2.01. The summed E-state index contributed by atoms with van der Waals surface area (Å²) in [5.41, 5.74) is 8.56. The molecular formula is C14H14N4S. The third-order valence-electron chi connectivity index (χ3n) is 2.78. The van der Waals surface area contributed by atoms with E-state index in [4.69, 9.17) is 5.73 Å². The van der Waals surface area contributed by atoms with Gasteiger partial charge in [0.05, 0.1) is 10.2 Å². The van der Waals surface area contributed by atoms with E-state index < -0.39 is 0 Å². The Bertz CT molecular complexity index is 703. The molecule has 4 nitrogen and oxygen atoms in total. The first kappa shape index (κ1) is 11.9. The molecule has 2 aromatic heterocycles. The number of hydrogen-bond acceptors (Lipinski definition) is 5. The smallest absolute Gasteiger partial charge is 0.126 e.